The van der Waals surface area contributed by atoms with Crippen LogP contribution in [0.3, 0.4) is 0 Å². The first kappa shape index (κ1) is 18.3. The molecule has 0 atom stereocenters. The molecule has 32 heavy (non-hydrogen) atoms. The van der Waals surface area contributed by atoms with E-state index >= 15 is 0 Å². The fourth-order valence-corrected chi connectivity index (χ4v) is 4.08. The molecule has 5 heteroatoms. The Labute approximate surface area is 185 Å². The summed E-state index contributed by atoms with van der Waals surface area (Å²) < 4.78 is 4.23. The van der Waals surface area contributed by atoms with Crippen molar-refractivity contribution in [2.24, 2.45) is 0 Å². The molecule has 0 aliphatic carbocycles. The molecule has 0 radical (unpaired) electrons. The average Bonchev–Trinajstić information content (AvgIpc) is 3.50. The van der Waals surface area contributed by atoms with Crippen LogP contribution in [0.5, 0.6) is 0 Å². The van der Waals surface area contributed by atoms with Crippen molar-refractivity contribution in [2.45, 2.75) is 0 Å². The highest BCUT2D eigenvalue weighted by atomic mass is 15.3. The summed E-state index contributed by atoms with van der Waals surface area (Å²) in [5.41, 5.74) is 6.02. The Balaban J connectivity index is 1.62. The first-order chi connectivity index (χ1) is 15.9. The van der Waals surface area contributed by atoms with Crippen LogP contribution in [0.1, 0.15) is 0 Å². The van der Waals surface area contributed by atoms with Crippen LogP contribution in [-0.4, -0.2) is 24.3 Å². The van der Waals surface area contributed by atoms with E-state index in [9.17, 15) is 0 Å². The molecule has 0 saturated carbocycles. The molecule has 0 aliphatic rings. The number of aromatic nitrogens is 5. The number of hydrogen-bond acceptors (Lipinski definition) is 3. The Hall–Kier alpha value is -4.51. The number of nitrogens with zero attached hydrogens (tertiary/aromatic N) is 5. The van der Waals surface area contributed by atoms with Gasteiger partial charge >= 0.3 is 0 Å². The van der Waals surface area contributed by atoms with Crippen molar-refractivity contribution >= 4 is 11.0 Å². The molecule has 0 aliphatic heterocycles. The number of rotatable bonds is 4. The minimum absolute atomic E-state index is 0.781. The second-order valence-corrected chi connectivity index (χ2v) is 7.50. The maximum absolute atomic E-state index is 4.67. The summed E-state index contributed by atoms with van der Waals surface area (Å²) in [5.74, 6) is 1.58. The summed E-state index contributed by atoms with van der Waals surface area (Å²) in [7, 11) is 0. The van der Waals surface area contributed by atoms with Gasteiger partial charge in [0, 0.05) is 16.8 Å². The molecule has 0 unspecified atom stereocenters. The summed E-state index contributed by atoms with van der Waals surface area (Å²) >= 11 is 0. The van der Waals surface area contributed by atoms with E-state index in [2.05, 4.69) is 66.8 Å². The molecule has 6 aromatic rings. The fraction of sp³-hybridized carbons (Fsp3) is 0. The summed E-state index contributed by atoms with van der Waals surface area (Å²) in [5, 5.41) is 9.28. The van der Waals surface area contributed by atoms with Crippen molar-refractivity contribution in [3.63, 3.8) is 0 Å². The number of hydrogen-bond donors (Lipinski definition) is 0. The lowest BCUT2D eigenvalue weighted by molar-refractivity contribution is 1.05. The summed E-state index contributed by atoms with van der Waals surface area (Å²) in [6.07, 6.45) is 1.87. The van der Waals surface area contributed by atoms with Crippen LogP contribution in [0.15, 0.2) is 116 Å². The van der Waals surface area contributed by atoms with Gasteiger partial charge < -0.3 is 0 Å². The average molecular weight is 413 g/mol. The molecule has 5 nitrogen and oxygen atoms in total. The van der Waals surface area contributed by atoms with Crippen LogP contribution in [0.4, 0.5) is 0 Å². The molecular weight excluding hydrogens is 394 g/mol. The molecule has 0 saturated heterocycles. The fourth-order valence-electron chi connectivity index (χ4n) is 4.08. The first-order valence-corrected chi connectivity index (χ1v) is 10.5. The highest BCUT2D eigenvalue weighted by molar-refractivity contribution is 5.81. The Morgan fingerprint density at radius 1 is 0.562 bits per heavy atom. The topological polar surface area (TPSA) is 48.5 Å². The summed E-state index contributed by atoms with van der Waals surface area (Å²) in [6.45, 7) is 0. The predicted molar refractivity (Wildman–Crippen MR) is 127 cm³/mol. The van der Waals surface area contributed by atoms with Crippen molar-refractivity contribution in [1.82, 2.24) is 24.3 Å². The van der Waals surface area contributed by atoms with E-state index in [0.29, 0.717) is 0 Å². The van der Waals surface area contributed by atoms with Gasteiger partial charge in [0.25, 0.3) is 0 Å². The predicted octanol–water partition coefficient (Wildman–Crippen LogP) is 5.94. The molecule has 6 rings (SSSR count). The maximum Gasteiger partial charge on any atom is 0.170 e. The second kappa shape index (κ2) is 7.63. The molecule has 0 bridgehead atoms. The Morgan fingerprint density at radius 2 is 1.22 bits per heavy atom. The van der Waals surface area contributed by atoms with Crippen molar-refractivity contribution < 1.29 is 0 Å². The van der Waals surface area contributed by atoms with Crippen LogP contribution < -0.4 is 0 Å². The van der Waals surface area contributed by atoms with Crippen LogP contribution in [0.2, 0.25) is 0 Å². The van der Waals surface area contributed by atoms with E-state index in [4.69, 9.17) is 0 Å². The lowest BCUT2D eigenvalue weighted by Crippen LogP contribution is -2.03. The minimum Gasteiger partial charge on any atom is -0.298 e. The number of para-hydroxylation sites is 4. The van der Waals surface area contributed by atoms with Gasteiger partial charge in [-0.05, 0) is 36.4 Å². The van der Waals surface area contributed by atoms with Crippen molar-refractivity contribution in [2.75, 3.05) is 0 Å². The lowest BCUT2D eigenvalue weighted by atomic mass is 10.1. The third-order valence-corrected chi connectivity index (χ3v) is 5.57. The van der Waals surface area contributed by atoms with Crippen molar-refractivity contribution in [3.05, 3.63) is 116 Å². The Kier molecular flexibility index (Phi) is 4.36. The van der Waals surface area contributed by atoms with Gasteiger partial charge in [0.05, 0.1) is 16.7 Å². The zero-order valence-corrected chi connectivity index (χ0v) is 17.2. The van der Waals surface area contributed by atoms with Gasteiger partial charge in [0.2, 0.25) is 0 Å². The number of fused-ring (bicyclic) bond motifs is 1. The first-order valence-electron chi connectivity index (χ1n) is 10.5. The smallest absolute Gasteiger partial charge is 0.170 e. The second-order valence-electron chi connectivity index (χ2n) is 7.50. The van der Waals surface area contributed by atoms with Crippen molar-refractivity contribution in [3.8, 4) is 34.2 Å². The molecule has 2 aromatic heterocycles. The third kappa shape index (κ3) is 2.99. The molecule has 2 heterocycles. The standard InChI is InChI=1S/C27H19N5/c1-3-11-20(12-4-1)26-29-30-27(32(26)21-13-5-2-6-14-21)22-15-7-9-17-24(22)31-19-28-23-16-8-10-18-25(23)31/h1-19H. The van der Waals surface area contributed by atoms with E-state index in [1.807, 2.05) is 73.1 Å². The van der Waals surface area contributed by atoms with Crippen molar-refractivity contribution in [1.29, 1.82) is 0 Å². The largest absolute Gasteiger partial charge is 0.298 e. The van der Waals surface area contributed by atoms with Gasteiger partial charge in [-0.2, -0.15) is 0 Å². The monoisotopic (exact) mass is 413 g/mol. The Morgan fingerprint density at radius 3 is 2.06 bits per heavy atom. The SMILES string of the molecule is c1ccc(-c2nnc(-c3ccccc3-n3cnc4ccccc43)n2-c2ccccc2)cc1. The normalized spacial score (nSPS) is 11.1. The zero-order valence-electron chi connectivity index (χ0n) is 17.2. The van der Waals surface area contributed by atoms with Crippen LogP contribution >= 0.6 is 0 Å². The molecule has 152 valence electrons. The third-order valence-electron chi connectivity index (χ3n) is 5.57. The van der Waals surface area contributed by atoms with Gasteiger partial charge in [-0.3, -0.25) is 9.13 Å². The van der Waals surface area contributed by atoms with Crippen LogP contribution in [0, 0.1) is 0 Å². The van der Waals surface area contributed by atoms with E-state index in [-0.39, 0.29) is 0 Å². The summed E-state index contributed by atoms with van der Waals surface area (Å²) in [6, 6.07) is 36.8. The van der Waals surface area contributed by atoms with Crippen LogP contribution in [-0.2, 0) is 0 Å². The minimum atomic E-state index is 0.781. The number of imidazole rings is 1. The highest BCUT2D eigenvalue weighted by Gasteiger charge is 2.20. The van der Waals surface area contributed by atoms with Crippen LogP contribution in [0.25, 0.3) is 45.2 Å². The highest BCUT2D eigenvalue weighted by Crippen LogP contribution is 2.32. The van der Waals surface area contributed by atoms with Gasteiger partial charge in [-0.15, -0.1) is 10.2 Å². The van der Waals surface area contributed by atoms with E-state index in [0.717, 1.165) is 45.2 Å². The molecule has 0 amide bonds. The van der Waals surface area contributed by atoms with Gasteiger partial charge in [-0.1, -0.05) is 72.8 Å². The van der Waals surface area contributed by atoms with E-state index < -0.39 is 0 Å². The maximum atomic E-state index is 4.67. The van der Waals surface area contributed by atoms with E-state index in [1.54, 1.807) is 0 Å². The van der Waals surface area contributed by atoms with Gasteiger partial charge in [0.15, 0.2) is 11.6 Å². The van der Waals surface area contributed by atoms with Gasteiger partial charge in [-0.25, -0.2) is 4.98 Å². The quantitative estimate of drug-likeness (QED) is 0.359. The van der Waals surface area contributed by atoms with Gasteiger partial charge in [0.1, 0.15) is 6.33 Å². The number of benzene rings is 4. The zero-order chi connectivity index (χ0) is 21.3. The Bertz CT molecular complexity index is 1510. The molecule has 0 fully saturated rings. The lowest BCUT2D eigenvalue weighted by Gasteiger charge is -2.14. The molecule has 0 spiro atoms. The molecule has 4 aromatic carbocycles. The van der Waals surface area contributed by atoms with E-state index in [1.165, 1.54) is 0 Å². The molecule has 0 N–H and O–H groups in total. The molecular formula is C27H19N5. The summed E-state index contributed by atoms with van der Waals surface area (Å²) in [4.78, 5) is 4.58.